The lowest BCUT2D eigenvalue weighted by Gasteiger charge is -2.37. The summed E-state index contributed by atoms with van der Waals surface area (Å²) in [6.45, 7) is 9.41. The molecule has 8 rings (SSSR count). The molecular weight excluding hydrogens is 396 g/mol. The Kier molecular flexibility index (Phi) is 3.15. The summed E-state index contributed by atoms with van der Waals surface area (Å²) in [4.78, 5) is 0. The van der Waals surface area contributed by atoms with E-state index in [1.807, 2.05) is 0 Å². The number of rotatable bonds is 0. The molecule has 4 aromatic rings. The van der Waals surface area contributed by atoms with Gasteiger partial charge >= 0.3 is 0 Å². The van der Waals surface area contributed by atoms with Gasteiger partial charge in [0.05, 0.1) is 0 Å². The SMILES string of the molecule is Cc1ccc(C)c2c1[C@@H]1c3ccccc3[C@H]3c4c(C)ccc(C)c4[C@@H]4c5ccccc5[C@@H]2C134. The fraction of sp³-hybridized carbons (Fsp3) is 0.273. The van der Waals surface area contributed by atoms with E-state index < -0.39 is 0 Å². The molecule has 0 aliphatic heterocycles. The van der Waals surface area contributed by atoms with Gasteiger partial charge in [-0.2, -0.15) is 0 Å². The smallest absolute Gasteiger partial charge is 0.0182 e. The van der Waals surface area contributed by atoms with Crippen molar-refractivity contribution in [3.05, 3.63) is 140 Å². The van der Waals surface area contributed by atoms with Crippen molar-refractivity contribution in [3.63, 3.8) is 0 Å². The largest absolute Gasteiger partial charge is 0.0620 e. The summed E-state index contributed by atoms with van der Waals surface area (Å²) >= 11 is 0. The Balaban J connectivity index is 1.63. The minimum Gasteiger partial charge on any atom is -0.0620 e. The molecule has 4 aliphatic rings. The molecule has 0 heterocycles. The van der Waals surface area contributed by atoms with Gasteiger partial charge in [0.25, 0.3) is 0 Å². The number of hydrogen-bond acceptors (Lipinski definition) is 0. The van der Waals surface area contributed by atoms with Gasteiger partial charge in [-0.1, -0.05) is 72.8 Å². The van der Waals surface area contributed by atoms with E-state index in [0.29, 0.717) is 23.7 Å². The summed E-state index contributed by atoms with van der Waals surface area (Å²) in [6.07, 6.45) is 0. The zero-order valence-electron chi connectivity index (χ0n) is 19.7. The van der Waals surface area contributed by atoms with Crippen molar-refractivity contribution in [2.24, 2.45) is 5.41 Å². The van der Waals surface area contributed by atoms with Crippen LogP contribution < -0.4 is 0 Å². The molecule has 0 unspecified atom stereocenters. The lowest BCUT2D eigenvalue weighted by Crippen LogP contribution is -2.30. The predicted molar refractivity (Wildman–Crippen MR) is 135 cm³/mol. The number of benzene rings is 4. The van der Waals surface area contributed by atoms with Crippen LogP contribution in [0.2, 0.25) is 0 Å². The Morgan fingerprint density at radius 1 is 0.394 bits per heavy atom. The summed E-state index contributed by atoms with van der Waals surface area (Å²) in [5.74, 6) is 1.84. The van der Waals surface area contributed by atoms with E-state index in [1.54, 1.807) is 44.5 Å². The first-order valence-electron chi connectivity index (χ1n) is 12.4. The molecule has 160 valence electrons. The molecule has 4 aliphatic carbocycles. The van der Waals surface area contributed by atoms with Crippen molar-refractivity contribution in [2.45, 2.75) is 51.4 Å². The van der Waals surface area contributed by atoms with Gasteiger partial charge in [0.15, 0.2) is 0 Å². The van der Waals surface area contributed by atoms with Crippen LogP contribution in [0, 0.1) is 33.1 Å². The molecule has 0 bridgehead atoms. The highest BCUT2D eigenvalue weighted by molar-refractivity contribution is 5.76. The maximum Gasteiger partial charge on any atom is 0.0182 e. The molecular formula is C33H28. The van der Waals surface area contributed by atoms with Gasteiger partial charge in [-0.3, -0.25) is 0 Å². The molecule has 4 aromatic carbocycles. The standard InChI is InChI=1S/C33H28/c1-17-13-14-18(2)26-25(17)29-21-9-5-6-10-22(21)31-27-19(3)15-16-20(4)28(27)32-24-12-8-7-11-23(24)30(26)33(29,31)32/h5-16,29-32H,1-4H3/t29-,30-,31-,32-,33?/m0/s1. The van der Waals surface area contributed by atoms with Gasteiger partial charge < -0.3 is 0 Å². The van der Waals surface area contributed by atoms with E-state index in [0.717, 1.165) is 0 Å². The fourth-order valence-electron chi connectivity index (χ4n) is 9.01. The number of aryl methyl sites for hydroxylation is 4. The first-order valence-corrected chi connectivity index (χ1v) is 12.4. The quantitative estimate of drug-likeness (QED) is 0.270. The highest BCUT2D eigenvalue weighted by Crippen LogP contribution is 2.84. The minimum absolute atomic E-state index is 0.145. The maximum atomic E-state index is 2.45. The molecule has 0 heteroatoms. The van der Waals surface area contributed by atoms with Gasteiger partial charge in [-0.15, -0.1) is 0 Å². The minimum atomic E-state index is 0.145. The van der Waals surface area contributed by atoms with Crippen LogP contribution in [-0.4, -0.2) is 0 Å². The van der Waals surface area contributed by atoms with Crippen molar-refractivity contribution in [1.29, 1.82) is 0 Å². The molecule has 1 spiro atoms. The average molecular weight is 425 g/mol. The molecule has 0 radical (unpaired) electrons. The molecule has 0 N–H and O–H groups in total. The second-order valence-corrected chi connectivity index (χ2v) is 11.0. The van der Waals surface area contributed by atoms with Crippen LogP contribution in [0.25, 0.3) is 0 Å². The Labute approximate surface area is 196 Å². The van der Waals surface area contributed by atoms with Crippen molar-refractivity contribution >= 4 is 0 Å². The molecule has 0 amide bonds. The van der Waals surface area contributed by atoms with E-state index >= 15 is 0 Å². The van der Waals surface area contributed by atoms with Crippen LogP contribution in [0.4, 0.5) is 0 Å². The van der Waals surface area contributed by atoms with Gasteiger partial charge in [-0.25, -0.2) is 0 Å². The normalized spacial score (nSPS) is 28.7. The summed E-state index contributed by atoms with van der Waals surface area (Å²) in [6, 6.07) is 28.4. The molecule has 0 saturated heterocycles. The first-order chi connectivity index (χ1) is 16.1. The van der Waals surface area contributed by atoms with E-state index in [-0.39, 0.29) is 5.41 Å². The van der Waals surface area contributed by atoms with Crippen molar-refractivity contribution < 1.29 is 0 Å². The summed E-state index contributed by atoms with van der Waals surface area (Å²) in [7, 11) is 0. The molecule has 4 atom stereocenters. The van der Waals surface area contributed by atoms with E-state index in [4.69, 9.17) is 0 Å². The zero-order chi connectivity index (χ0) is 22.2. The third kappa shape index (κ3) is 1.76. The highest BCUT2D eigenvalue weighted by atomic mass is 14.7. The van der Waals surface area contributed by atoms with Gasteiger partial charge in [0, 0.05) is 29.1 Å². The molecule has 0 fully saturated rings. The number of fused-ring (bicyclic) bond motifs is 12. The monoisotopic (exact) mass is 424 g/mol. The molecule has 0 aromatic heterocycles. The molecule has 33 heavy (non-hydrogen) atoms. The second kappa shape index (κ2) is 5.68. The lowest BCUT2D eigenvalue weighted by molar-refractivity contribution is 0.240. The average Bonchev–Trinajstić information content (AvgIpc) is 3.47. The first kappa shape index (κ1) is 18.3. The zero-order valence-corrected chi connectivity index (χ0v) is 19.7. The third-order valence-electron chi connectivity index (χ3n) is 9.84. The van der Waals surface area contributed by atoms with Crippen LogP contribution in [0.3, 0.4) is 0 Å². The van der Waals surface area contributed by atoms with Crippen LogP contribution in [-0.2, 0) is 0 Å². The van der Waals surface area contributed by atoms with Gasteiger partial charge in [0.2, 0.25) is 0 Å². The van der Waals surface area contributed by atoms with Crippen LogP contribution >= 0.6 is 0 Å². The van der Waals surface area contributed by atoms with E-state index in [2.05, 4.69) is 100 Å². The second-order valence-electron chi connectivity index (χ2n) is 11.0. The summed E-state index contributed by atoms with van der Waals surface area (Å²) in [5, 5.41) is 0. The van der Waals surface area contributed by atoms with Crippen LogP contribution in [0.15, 0.2) is 72.8 Å². The van der Waals surface area contributed by atoms with Gasteiger partial charge in [0.1, 0.15) is 0 Å². The van der Waals surface area contributed by atoms with Crippen molar-refractivity contribution in [1.82, 2.24) is 0 Å². The van der Waals surface area contributed by atoms with Crippen LogP contribution in [0.1, 0.15) is 90.4 Å². The van der Waals surface area contributed by atoms with E-state index in [1.165, 1.54) is 22.3 Å². The summed E-state index contributed by atoms with van der Waals surface area (Å²) in [5.41, 5.74) is 18.9. The molecule has 0 saturated carbocycles. The predicted octanol–water partition coefficient (Wildman–Crippen LogP) is 7.79. The summed E-state index contributed by atoms with van der Waals surface area (Å²) < 4.78 is 0. The lowest BCUT2D eigenvalue weighted by atomic mass is 9.63. The van der Waals surface area contributed by atoms with Gasteiger partial charge in [-0.05, 0) is 94.5 Å². The van der Waals surface area contributed by atoms with Crippen LogP contribution in [0.5, 0.6) is 0 Å². The molecule has 0 nitrogen and oxygen atoms in total. The Morgan fingerprint density at radius 2 is 0.636 bits per heavy atom. The van der Waals surface area contributed by atoms with E-state index in [9.17, 15) is 0 Å². The van der Waals surface area contributed by atoms with Crippen molar-refractivity contribution in [2.75, 3.05) is 0 Å². The third-order valence-corrected chi connectivity index (χ3v) is 9.84. The number of hydrogen-bond donors (Lipinski definition) is 0. The Hall–Kier alpha value is -3.12. The highest BCUT2D eigenvalue weighted by Gasteiger charge is 2.73. The fourth-order valence-corrected chi connectivity index (χ4v) is 9.01. The Morgan fingerprint density at radius 3 is 0.879 bits per heavy atom. The topological polar surface area (TPSA) is 0 Å². The van der Waals surface area contributed by atoms with Crippen molar-refractivity contribution in [3.8, 4) is 0 Å². The maximum absolute atomic E-state index is 2.45. The Bertz CT molecular complexity index is 1300.